The topological polar surface area (TPSA) is 117 Å². The smallest absolute Gasteiger partial charge is 0.365 e. The second kappa shape index (κ2) is 13.6. The lowest BCUT2D eigenvalue weighted by molar-refractivity contribution is -0.407. The van der Waals surface area contributed by atoms with Crippen molar-refractivity contribution < 1.29 is 53.2 Å². The molecule has 0 bridgehead atoms. The minimum Gasteiger partial charge on any atom is -1.00 e. The fourth-order valence-electron chi connectivity index (χ4n) is 2.08. The molecule has 2 rings (SSSR count). The van der Waals surface area contributed by atoms with Crippen molar-refractivity contribution in [3.05, 3.63) is 71.3 Å². The fourth-order valence-corrected chi connectivity index (χ4v) is 2.08. The van der Waals surface area contributed by atoms with E-state index in [0.29, 0.717) is 5.56 Å². The first-order valence-corrected chi connectivity index (χ1v) is 8.15. The zero-order chi connectivity index (χ0) is 25.4. The maximum atomic E-state index is 12.7. The lowest BCUT2D eigenvalue weighted by Gasteiger charge is -2.07. The van der Waals surface area contributed by atoms with E-state index in [1.54, 1.807) is 0 Å². The van der Waals surface area contributed by atoms with Crippen molar-refractivity contribution in [1.82, 2.24) is 0 Å². The van der Waals surface area contributed by atoms with Crippen LogP contribution in [-0.2, 0) is 27.2 Å². The summed E-state index contributed by atoms with van der Waals surface area (Å²) in [4.78, 5) is 22.0. The summed E-state index contributed by atoms with van der Waals surface area (Å²) >= 11 is 0. The lowest BCUT2D eigenvalue weighted by Crippen LogP contribution is -3.00. The van der Waals surface area contributed by atoms with Crippen LogP contribution in [0.2, 0.25) is 0 Å². The second-order valence-electron chi connectivity index (χ2n) is 5.83. The summed E-state index contributed by atoms with van der Waals surface area (Å²) in [7, 11) is 0. The molecule has 6 nitrogen and oxygen atoms in total. The first-order chi connectivity index (χ1) is 15.1. The quantitative estimate of drug-likeness (QED) is 0.449. The molecule has 0 aliphatic rings. The van der Waals surface area contributed by atoms with Crippen molar-refractivity contribution in [1.29, 1.82) is 0 Å². The molecule has 0 unspecified atom stereocenters. The van der Waals surface area contributed by atoms with Crippen LogP contribution >= 0.6 is 0 Å². The Hall–Kier alpha value is -2.55. The number of aliphatic carboxylic acids is 1. The molecule has 0 heterocycles. The number of carboxylic acids is 1. The molecule has 0 fully saturated rings. The van der Waals surface area contributed by atoms with E-state index >= 15 is 0 Å². The van der Waals surface area contributed by atoms with Crippen molar-refractivity contribution in [3.8, 4) is 0 Å². The van der Waals surface area contributed by atoms with E-state index in [2.05, 4.69) is 10.5 Å². The van der Waals surface area contributed by atoms with Gasteiger partial charge >= 0.3 is 11.9 Å². The monoisotopic (exact) mass is 435 g/mol. The third-order valence-electron chi connectivity index (χ3n) is 3.57. The average Bonchev–Trinajstić information content (AvgIpc) is 2.70. The number of carboxylic acid groups (broad SMARTS) is 1. The molecule has 0 amide bonds. The number of carbonyl (C=O) groups excluding carboxylic acids is 1. The number of quaternary nitrogens is 1. The molecule has 0 radical (unpaired) electrons. The number of carbonyl (C=O) groups is 2. The highest BCUT2D eigenvalue weighted by Crippen LogP contribution is 2.06. The zero-order valence-corrected chi connectivity index (χ0v) is 16.0. The van der Waals surface area contributed by atoms with Crippen molar-refractivity contribution in [3.63, 3.8) is 0 Å². The summed E-state index contributed by atoms with van der Waals surface area (Å²) in [5, 5.41) is 8.50. The van der Waals surface area contributed by atoms with Crippen LogP contribution in [0.15, 0.2) is 48.5 Å². The molecule has 160 valence electrons. The number of esters is 1. The maximum absolute atomic E-state index is 12.7. The summed E-state index contributed by atoms with van der Waals surface area (Å²) in [6.45, 7) is -6.14. The van der Waals surface area contributed by atoms with Gasteiger partial charge in [0, 0.05) is 10.5 Å². The second-order valence-corrected chi connectivity index (χ2v) is 5.83. The van der Waals surface area contributed by atoms with Crippen molar-refractivity contribution in [2.75, 3.05) is 6.56 Å². The predicted octanol–water partition coefficient (Wildman–Crippen LogP) is -1.67. The summed E-state index contributed by atoms with van der Waals surface area (Å²) < 4.78 is 64.7. The molecule has 2 atom stereocenters. The first-order valence-electron chi connectivity index (χ1n) is 10.7. The molecular weight excluding hydrogens is 406 g/mol. The van der Waals surface area contributed by atoms with E-state index in [1.807, 2.05) is 0 Å². The number of halogens is 3. The minimum absolute atomic E-state index is 0. The Bertz CT molecular complexity index is 932. The van der Waals surface area contributed by atoms with Crippen molar-refractivity contribution in [2.45, 2.75) is 31.8 Å². The number of nitrogens with two attached hydrogens (primary N) is 1. The third-order valence-corrected chi connectivity index (χ3v) is 3.57. The Labute approximate surface area is 181 Å². The van der Waals surface area contributed by atoms with Gasteiger partial charge in [0.2, 0.25) is 0 Å². The Morgan fingerprint density at radius 3 is 1.97 bits per heavy atom. The van der Waals surface area contributed by atoms with Crippen LogP contribution in [0.5, 0.6) is 0 Å². The van der Waals surface area contributed by atoms with E-state index in [0.717, 1.165) is 5.56 Å². The summed E-state index contributed by atoms with van der Waals surface area (Å²) in [6, 6.07) is 9.05. The van der Waals surface area contributed by atoms with E-state index in [9.17, 15) is 18.4 Å². The normalized spacial score (nSPS) is 15.4. The van der Waals surface area contributed by atoms with Gasteiger partial charge in [-0.2, -0.15) is 0 Å². The highest BCUT2D eigenvalue weighted by Gasteiger charge is 2.18. The SMILES string of the molecule is N[C@@H](Cc1ccc(F)cc1)C(=O)O.[2H]C([2H])([2H])C([2H])([2H])OC(=O)[C@@H]([NH3+])Cc1ccc(F)cc1.[Cl-]. The fraction of sp³-hybridized carbons (Fsp3) is 0.300. The van der Waals surface area contributed by atoms with Gasteiger partial charge in [-0.25, -0.2) is 13.6 Å². The predicted molar refractivity (Wildman–Crippen MR) is 99.1 cm³/mol. The van der Waals surface area contributed by atoms with Crippen LogP contribution in [0, 0.1) is 11.6 Å². The summed E-state index contributed by atoms with van der Waals surface area (Å²) in [5.41, 5.74) is 10.1. The van der Waals surface area contributed by atoms with Gasteiger partial charge in [-0.05, 0) is 48.7 Å². The molecule has 9 heteroatoms. The Kier molecular flexibility index (Phi) is 8.66. The Morgan fingerprint density at radius 1 is 1.10 bits per heavy atom. The van der Waals surface area contributed by atoms with Gasteiger partial charge < -0.3 is 33.7 Å². The number of rotatable bonds is 7. The van der Waals surface area contributed by atoms with Crippen molar-refractivity contribution >= 4 is 11.9 Å². The standard InChI is InChI=1S/C11H14FNO2.C9H10FNO2.ClH/c1-2-15-11(14)10(13)7-8-3-5-9(12)6-4-8;10-7-3-1-6(2-4-7)5-8(11)9(12)13;/h3-6,10H,2,7,13H2,1H3;1-4,8H,5,11H2,(H,12,13);1H/t10-;8-;/m00./s1/i1D3,2D2;;. The van der Waals surface area contributed by atoms with Crippen LogP contribution < -0.4 is 23.9 Å². The Morgan fingerprint density at radius 2 is 1.55 bits per heavy atom. The highest BCUT2D eigenvalue weighted by atomic mass is 35.5. The van der Waals surface area contributed by atoms with E-state index in [-0.39, 0.29) is 31.1 Å². The van der Waals surface area contributed by atoms with Gasteiger partial charge in [0.05, 0.1) is 9.30 Å². The molecule has 0 saturated heterocycles. The maximum Gasteiger partial charge on any atom is 0.365 e. The van der Waals surface area contributed by atoms with Crippen LogP contribution in [0.3, 0.4) is 0 Å². The Balaban J connectivity index is 0.000000676. The molecule has 0 spiro atoms. The first kappa shape index (κ1) is 18.5. The average molecular weight is 436 g/mol. The molecule has 0 aromatic heterocycles. The van der Waals surface area contributed by atoms with Gasteiger partial charge in [-0.15, -0.1) is 0 Å². The van der Waals surface area contributed by atoms with Gasteiger partial charge in [0.25, 0.3) is 0 Å². The van der Waals surface area contributed by atoms with Gasteiger partial charge in [0.15, 0.2) is 6.04 Å². The zero-order valence-electron chi connectivity index (χ0n) is 20.3. The molecule has 6 N–H and O–H groups in total. The highest BCUT2D eigenvalue weighted by molar-refractivity contribution is 5.74. The minimum atomic E-state index is -3.07. The van der Waals surface area contributed by atoms with Crippen molar-refractivity contribution in [2.24, 2.45) is 5.73 Å². The van der Waals surface area contributed by atoms with Crippen LogP contribution in [0.1, 0.15) is 24.8 Å². The van der Waals surface area contributed by atoms with Gasteiger partial charge in [-0.3, -0.25) is 4.79 Å². The largest absolute Gasteiger partial charge is 1.00 e. The summed E-state index contributed by atoms with van der Waals surface area (Å²) in [6.07, 6.45) is 0.311. The van der Waals surface area contributed by atoms with Crippen LogP contribution in [0.25, 0.3) is 0 Å². The number of hydrogen-bond donors (Lipinski definition) is 3. The third kappa shape index (κ3) is 10.5. The van der Waals surface area contributed by atoms with Crippen LogP contribution in [-0.4, -0.2) is 35.7 Å². The van der Waals surface area contributed by atoms with E-state index in [1.165, 1.54) is 48.5 Å². The number of hydrogen-bond acceptors (Lipinski definition) is 4. The molecular formula is C20H25ClF2N2O4. The molecule has 29 heavy (non-hydrogen) atoms. The van der Waals surface area contributed by atoms with E-state index < -0.39 is 43.3 Å². The molecule has 0 saturated carbocycles. The van der Waals surface area contributed by atoms with Crippen LogP contribution in [0.4, 0.5) is 8.78 Å². The molecule has 2 aromatic rings. The van der Waals surface area contributed by atoms with Gasteiger partial charge in [-0.1, -0.05) is 24.3 Å². The number of benzene rings is 2. The van der Waals surface area contributed by atoms with E-state index in [4.69, 9.17) is 17.7 Å². The molecule has 0 aliphatic carbocycles. The molecule has 0 aliphatic heterocycles. The lowest BCUT2D eigenvalue weighted by atomic mass is 10.1. The molecule has 2 aromatic carbocycles. The summed E-state index contributed by atoms with van der Waals surface area (Å²) in [5.74, 6) is -2.87. The number of ether oxygens (including phenoxy) is 1. The van der Waals surface area contributed by atoms with Gasteiger partial charge in [0.1, 0.15) is 17.7 Å².